The molecule has 3 heterocycles. The lowest BCUT2D eigenvalue weighted by molar-refractivity contribution is -0.146. The molecule has 0 aliphatic carbocycles. The van der Waals surface area contributed by atoms with Gasteiger partial charge in [0.1, 0.15) is 0 Å². The Bertz CT molecular complexity index is 1270. The Morgan fingerprint density at radius 1 is 1.19 bits per heavy atom. The number of ether oxygens (including phenoxy) is 1. The molecule has 0 unspecified atom stereocenters. The summed E-state index contributed by atoms with van der Waals surface area (Å²) in [7, 11) is 0. The Balaban J connectivity index is 1.50. The summed E-state index contributed by atoms with van der Waals surface area (Å²) in [4.78, 5) is 16.2. The van der Waals surface area contributed by atoms with Crippen molar-refractivity contribution < 1.29 is 19.7 Å². The van der Waals surface area contributed by atoms with Crippen LogP contribution in [0.25, 0.3) is 0 Å². The molecule has 3 aromatic rings. The van der Waals surface area contributed by atoms with Crippen molar-refractivity contribution in [1.82, 2.24) is 15.0 Å². The van der Waals surface area contributed by atoms with Gasteiger partial charge in [0.25, 0.3) is 5.91 Å². The smallest absolute Gasteiger partial charge is 0.264 e. The van der Waals surface area contributed by atoms with Crippen molar-refractivity contribution in [3.63, 3.8) is 0 Å². The number of anilines is 1. The van der Waals surface area contributed by atoms with E-state index in [1.807, 2.05) is 60.5 Å². The lowest BCUT2D eigenvalue weighted by Crippen LogP contribution is -2.46. The first kappa shape index (κ1) is 26.3. The maximum absolute atomic E-state index is 14.3. The van der Waals surface area contributed by atoms with Crippen LogP contribution < -0.4 is 4.90 Å². The lowest BCUT2D eigenvalue weighted by Gasteiger charge is -2.34. The Morgan fingerprint density at radius 3 is 2.65 bits per heavy atom. The number of rotatable bonds is 8. The summed E-state index contributed by atoms with van der Waals surface area (Å²) in [5.41, 5.74) is 1.27. The molecule has 1 fully saturated rings. The van der Waals surface area contributed by atoms with Gasteiger partial charge in [-0.3, -0.25) is 9.48 Å². The number of aromatic nitrogens is 3. The molecule has 1 spiro atoms. The maximum Gasteiger partial charge on any atom is 0.264 e. The summed E-state index contributed by atoms with van der Waals surface area (Å²) in [6.07, 6.45) is 2.47. The number of halogens is 1. The third kappa shape index (κ3) is 4.71. The second-order valence-corrected chi connectivity index (χ2v) is 11.9. The molecular formula is C28H33IN4O4. The second-order valence-electron chi connectivity index (χ2n) is 10.6. The highest BCUT2D eigenvalue weighted by molar-refractivity contribution is 14.1. The van der Waals surface area contributed by atoms with Crippen LogP contribution in [0, 0.1) is 15.4 Å². The summed E-state index contributed by atoms with van der Waals surface area (Å²) < 4.78 is 9.61. The van der Waals surface area contributed by atoms with Crippen molar-refractivity contribution in [2.45, 2.75) is 64.0 Å². The second kappa shape index (κ2) is 10.1. The molecule has 37 heavy (non-hydrogen) atoms. The van der Waals surface area contributed by atoms with E-state index in [-0.39, 0.29) is 30.5 Å². The van der Waals surface area contributed by atoms with Gasteiger partial charge < -0.3 is 19.8 Å². The zero-order valence-electron chi connectivity index (χ0n) is 21.3. The first-order valence-corrected chi connectivity index (χ1v) is 13.8. The fourth-order valence-electron chi connectivity index (χ4n) is 6.18. The van der Waals surface area contributed by atoms with Crippen LogP contribution in [0.3, 0.4) is 0 Å². The quantitative estimate of drug-likeness (QED) is 0.375. The average Bonchev–Trinajstić information content (AvgIpc) is 3.49. The molecule has 0 saturated carbocycles. The Hall–Kier alpha value is -2.34. The molecule has 2 aliphatic heterocycles. The van der Waals surface area contributed by atoms with Crippen molar-refractivity contribution >= 4 is 34.2 Å². The van der Waals surface area contributed by atoms with Crippen LogP contribution in [0.15, 0.2) is 54.7 Å². The number of nitrogens with zero attached hydrogens (tertiary/aromatic N) is 4. The van der Waals surface area contributed by atoms with E-state index in [1.54, 1.807) is 18.5 Å². The molecule has 1 amide bonds. The van der Waals surface area contributed by atoms with Crippen molar-refractivity contribution in [3.8, 4) is 0 Å². The molecule has 2 aromatic carbocycles. The number of amides is 1. The van der Waals surface area contributed by atoms with Gasteiger partial charge in [-0.25, -0.2) is 0 Å². The van der Waals surface area contributed by atoms with Crippen LogP contribution in [0.5, 0.6) is 0 Å². The van der Waals surface area contributed by atoms with Crippen LogP contribution >= 0.6 is 22.6 Å². The van der Waals surface area contributed by atoms with Gasteiger partial charge in [-0.15, -0.1) is 5.10 Å². The summed E-state index contributed by atoms with van der Waals surface area (Å²) in [5.74, 6) is -0.619. The molecular weight excluding hydrogens is 583 g/mol. The number of fused-ring (bicyclic) bond motifs is 2. The molecule has 1 saturated heterocycles. The standard InChI is InChI=1S/C28H33IN4O4/c1-18-25(27(2,3)36)24(11-13-32-17-21(12-14-34)30-31-32)37-28(18)22-15-20(29)9-10-23(22)33(26(28)35)16-19-7-5-4-6-8-19/h4-10,15,17-18,24-25,34,36H,11-14,16H2,1-3H3/t18-,24+,25-,28+/m1/s1. The van der Waals surface area contributed by atoms with E-state index < -0.39 is 11.2 Å². The zero-order valence-corrected chi connectivity index (χ0v) is 23.5. The van der Waals surface area contributed by atoms with Crippen molar-refractivity contribution in [2.75, 3.05) is 11.5 Å². The van der Waals surface area contributed by atoms with Crippen LogP contribution in [0.1, 0.15) is 44.0 Å². The fraction of sp³-hybridized carbons (Fsp3) is 0.464. The maximum atomic E-state index is 14.3. The molecule has 9 heteroatoms. The van der Waals surface area contributed by atoms with E-state index in [4.69, 9.17) is 4.74 Å². The highest BCUT2D eigenvalue weighted by Crippen LogP contribution is 2.58. The van der Waals surface area contributed by atoms with Crippen molar-refractivity contribution in [1.29, 1.82) is 0 Å². The van der Waals surface area contributed by atoms with Gasteiger partial charge >= 0.3 is 0 Å². The SMILES string of the molecule is C[C@@H]1[C@@H](C(C)(C)O)[C@H](CCn2cc(CCO)nn2)O[C@@]12C(=O)N(Cc1ccccc1)c1ccc(I)cc12. The van der Waals surface area contributed by atoms with Crippen LogP contribution in [0.2, 0.25) is 0 Å². The topological polar surface area (TPSA) is 101 Å². The molecule has 1 aromatic heterocycles. The van der Waals surface area contributed by atoms with Crippen LogP contribution in [-0.2, 0) is 34.6 Å². The monoisotopic (exact) mass is 616 g/mol. The van der Waals surface area contributed by atoms with Crippen LogP contribution in [0.4, 0.5) is 5.69 Å². The summed E-state index contributed by atoms with van der Waals surface area (Å²) in [6.45, 7) is 6.63. The molecule has 0 radical (unpaired) electrons. The average molecular weight is 617 g/mol. The molecule has 0 bridgehead atoms. The summed E-state index contributed by atoms with van der Waals surface area (Å²) in [5, 5.41) is 28.8. The molecule has 196 valence electrons. The van der Waals surface area contributed by atoms with Gasteiger partial charge in [-0.05, 0) is 66.6 Å². The Morgan fingerprint density at radius 2 is 1.95 bits per heavy atom. The summed E-state index contributed by atoms with van der Waals surface area (Å²) in [6, 6.07) is 16.0. The Kier molecular flexibility index (Phi) is 7.16. The number of hydrogen-bond donors (Lipinski definition) is 2. The molecule has 2 N–H and O–H groups in total. The summed E-state index contributed by atoms with van der Waals surface area (Å²) >= 11 is 2.28. The lowest BCUT2D eigenvalue weighted by atomic mass is 9.71. The van der Waals surface area contributed by atoms with Gasteiger partial charge in [0.15, 0.2) is 5.60 Å². The first-order chi connectivity index (χ1) is 17.6. The third-order valence-electron chi connectivity index (χ3n) is 7.73. The third-order valence-corrected chi connectivity index (χ3v) is 8.40. The van der Waals surface area contributed by atoms with E-state index in [1.165, 1.54) is 0 Å². The number of aryl methyl sites for hydroxylation is 1. The highest BCUT2D eigenvalue weighted by atomic mass is 127. The number of hydrogen-bond acceptors (Lipinski definition) is 6. The van der Waals surface area contributed by atoms with Gasteiger partial charge in [0.05, 0.1) is 29.6 Å². The van der Waals surface area contributed by atoms with E-state index in [9.17, 15) is 15.0 Å². The first-order valence-electron chi connectivity index (χ1n) is 12.7. The van der Waals surface area contributed by atoms with Gasteiger partial charge in [0, 0.05) is 46.7 Å². The number of carbonyl (C=O) groups excluding carboxylic acids is 1. The van der Waals surface area contributed by atoms with Gasteiger partial charge in [-0.1, -0.05) is 42.5 Å². The van der Waals surface area contributed by atoms with Gasteiger partial charge in [0.2, 0.25) is 0 Å². The number of aliphatic hydroxyl groups is 2. The molecule has 4 atom stereocenters. The van der Waals surface area contributed by atoms with E-state index in [0.29, 0.717) is 25.9 Å². The normalized spacial score (nSPS) is 25.3. The predicted molar refractivity (Wildman–Crippen MR) is 148 cm³/mol. The Labute approximate surface area is 230 Å². The minimum Gasteiger partial charge on any atom is -0.396 e. The van der Waals surface area contributed by atoms with Crippen LogP contribution in [-0.4, -0.2) is 49.4 Å². The predicted octanol–water partition coefficient (Wildman–Crippen LogP) is 3.67. The minimum absolute atomic E-state index is 0.0189. The van der Waals surface area contributed by atoms with E-state index >= 15 is 0 Å². The number of aliphatic hydroxyl groups excluding tert-OH is 1. The highest BCUT2D eigenvalue weighted by Gasteiger charge is 2.65. The van der Waals surface area contributed by atoms with Crippen molar-refractivity contribution in [2.24, 2.45) is 11.8 Å². The zero-order chi connectivity index (χ0) is 26.4. The molecule has 8 nitrogen and oxygen atoms in total. The van der Waals surface area contributed by atoms with Crippen molar-refractivity contribution in [3.05, 3.63) is 75.1 Å². The minimum atomic E-state index is -1.18. The number of carbonyl (C=O) groups is 1. The van der Waals surface area contributed by atoms with E-state index in [0.717, 1.165) is 26.1 Å². The fourth-order valence-corrected chi connectivity index (χ4v) is 6.67. The van der Waals surface area contributed by atoms with E-state index in [2.05, 4.69) is 39.0 Å². The molecule has 5 rings (SSSR count). The number of benzene rings is 2. The largest absolute Gasteiger partial charge is 0.396 e. The molecule has 2 aliphatic rings. The van der Waals surface area contributed by atoms with Gasteiger partial charge in [-0.2, -0.15) is 0 Å².